The van der Waals surface area contributed by atoms with E-state index in [-0.39, 0.29) is 6.10 Å². The second-order valence-electron chi connectivity index (χ2n) is 4.23. The van der Waals surface area contributed by atoms with Gasteiger partial charge in [0.05, 0.1) is 13.2 Å². The average molecular weight is 270 g/mol. The van der Waals surface area contributed by atoms with Gasteiger partial charge < -0.3 is 13.8 Å². The summed E-state index contributed by atoms with van der Waals surface area (Å²) >= 11 is 0. The van der Waals surface area contributed by atoms with Crippen LogP contribution in [0.1, 0.15) is 31.1 Å². The Labute approximate surface area is 108 Å². The van der Waals surface area contributed by atoms with Gasteiger partial charge >= 0.3 is 7.60 Å². The number of aryl methyl sites for hydroxylation is 1. The van der Waals surface area contributed by atoms with Crippen molar-refractivity contribution in [2.24, 2.45) is 0 Å². The Bertz CT molecular complexity index is 433. The number of hydrogen-bond acceptors (Lipinski definition) is 4. The summed E-state index contributed by atoms with van der Waals surface area (Å²) in [6, 6.07) is 8.01. The summed E-state index contributed by atoms with van der Waals surface area (Å²) in [4.78, 5) is 0. The summed E-state index contributed by atoms with van der Waals surface area (Å²) in [5.74, 6) is -0.458. The Morgan fingerprint density at radius 2 is 1.72 bits per heavy atom. The lowest BCUT2D eigenvalue weighted by Crippen LogP contribution is -2.02. The van der Waals surface area contributed by atoms with Gasteiger partial charge in [-0.05, 0) is 26.3 Å². The van der Waals surface area contributed by atoms with Gasteiger partial charge in [0.1, 0.15) is 6.10 Å². The van der Waals surface area contributed by atoms with Gasteiger partial charge in [-0.3, -0.25) is 4.57 Å². The third-order valence-electron chi connectivity index (χ3n) is 2.80. The molecule has 18 heavy (non-hydrogen) atoms. The number of rotatable bonds is 6. The average Bonchev–Trinajstić information content (AvgIpc) is 3.11. The van der Waals surface area contributed by atoms with Crippen LogP contribution in [-0.2, 0) is 18.3 Å². The molecular formula is C13H19O4P. The first-order valence-corrected chi connectivity index (χ1v) is 7.82. The zero-order valence-corrected chi connectivity index (χ0v) is 11.9. The Kier molecular flexibility index (Phi) is 4.23. The van der Waals surface area contributed by atoms with Gasteiger partial charge in [0, 0.05) is 0 Å². The number of ether oxygens (including phenoxy) is 1. The van der Waals surface area contributed by atoms with E-state index in [1.807, 2.05) is 31.2 Å². The van der Waals surface area contributed by atoms with E-state index in [0.29, 0.717) is 13.2 Å². The van der Waals surface area contributed by atoms with Crippen LogP contribution < -0.4 is 0 Å². The minimum atomic E-state index is -3.14. The van der Waals surface area contributed by atoms with Gasteiger partial charge in [0.25, 0.3) is 0 Å². The van der Waals surface area contributed by atoms with Crippen molar-refractivity contribution >= 4 is 7.60 Å². The monoisotopic (exact) mass is 270 g/mol. The Morgan fingerprint density at radius 3 is 2.22 bits per heavy atom. The van der Waals surface area contributed by atoms with Crippen LogP contribution in [0.5, 0.6) is 0 Å². The molecule has 1 heterocycles. The van der Waals surface area contributed by atoms with Gasteiger partial charge in [-0.1, -0.05) is 29.8 Å². The summed E-state index contributed by atoms with van der Waals surface area (Å²) in [6.07, 6.45) is -0.172. The van der Waals surface area contributed by atoms with Crippen molar-refractivity contribution in [3.63, 3.8) is 0 Å². The molecule has 0 aliphatic carbocycles. The van der Waals surface area contributed by atoms with Crippen molar-refractivity contribution in [3.8, 4) is 0 Å². The van der Waals surface area contributed by atoms with Gasteiger partial charge in [-0.25, -0.2) is 0 Å². The Morgan fingerprint density at radius 1 is 1.17 bits per heavy atom. The maximum Gasteiger partial charge on any atom is 0.362 e. The van der Waals surface area contributed by atoms with Crippen LogP contribution in [0.25, 0.3) is 0 Å². The summed E-state index contributed by atoms with van der Waals surface area (Å²) in [5.41, 5.74) is 2.21. The highest BCUT2D eigenvalue weighted by Crippen LogP contribution is 2.66. The molecule has 2 rings (SSSR count). The second-order valence-corrected chi connectivity index (χ2v) is 6.34. The second kappa shape index (κ2) is 5.54. The molecule has 1 aromatic rings. The Balaban J connectivity index is 2.08. The van der Waals surface area contributed by atoms with E-state index in [9.17, 15) is 4.57 Å². The highest BCUT2D eigenvalue weighted by Gasteiger charge is 2.55. The summed E-state index contributed by atoms with van der Waals surface area (Å²) in [6.45, 7) is 6.35. The van der Waals surface area contributed by atoms with E-state index in [1.54, 1.807) is 13.8 Å². The lowest BCUT2D eigenvalue weighted by molar-refractivity contribution is 0.208. The molecule has 5 heteroatoms. The molecule has 0 aromatic heterocycles. The van der Waals surface area contributed by atoms with Crippen LogP contribution in [0, 0.1) is 6.92 Å². The van der Waals surface area contributed by atoms with Crippen molar-refractivity contribution in [1.82, 2.24) is 0 Å². The predicted octanol–water partition coefficient (Wildman–Crippen LogP) is 3.66. The molecule has 0 spiro atoms. The fourth-order valence-electron chi connectivity index (χ4n) is 1.89. The highest BCUT2D eigenvalue weighted by atomic mass is 31.2. The lowest BCUT2D eigenvalue weighted by Gasteiger charge is -2.14. The van der Waals surface area contributed by atoms with Crippen LogP contribution in [0.4, 0.5) is 0 Å². The molecule has 1 aliphatic rings. The van der Waals surface area contributed by atoms with E-state index < -0.39 is 13.4 Å². The summed E-state index contributed by atoms with van der Waals surface area (Å²) < 4.78 is 28.5. The van der Waals surface area contributed by atoms with Gasteiger partial charge in [-0.15, -0.1) is 0 Å². The van der Waals surface area contributed by atoms with Crippen molar-refractivity contribution in [1.29, 1.82) is 0 Å². The molecule has 0 unspecified atom stereocenters. The standard InChI is InChI=1S/C13H19O4P/c1-4-15-18(14,16-5-2)13-12(17-13)11-8-6-10(3)7-9-11/h6-9,12-13H,4-5H2,1-3H3/t12-,13-/m0/s1. The van der Waals surface area contributed by atoms with Gasteiger partial charge in [0.15, 0.2) is 5.85 Å². The maximum absolute atomic E-state index is 12.5. The smallest absolute Gasteiger partial charge is 0.351 e. The van der Waals surface area contributed by atoms with Crippen molar-refractivity contribution in [3.05, 3.63) is 35.4 Å². The highest BCUT2D eigenvalue weighted by molar-refractivity contribution is 7.54. The molecule has 1 aliphatic heterocycles. The van der Waals surface area contributed by atoms with Crippen LogP contribution in [0.2, 0.25) is 0 Å². The van der Waals surface area contributed by atoms with Crippen LogP contribution in [0.3, 0.4) is 0 Å². The quantitative estimate of drug-likeness (QED) is 0.584. The first-order chi connectivity index (χ1) is 8.60. The van der Waals surface area contributed by atoms with Crippen molar-refractivity contribution in [2.75, 3.05) is 13.2 Å². The topological polar surface area (TPSA) is 48.1 Å². The molecule has 100 valence electrons. The van der Waals surface area contributed by atoms with Crippen LogP contribution >= 0.6 is 7.60 Å². The first kappa shape index (κ1) is 13.8. The van der Waals surface area contributed by atoms with E-state index in [4.69, 9.17) is 13.8 Å². The number of epoxide rings is 1. The zero-order chi connectivity index (χ0) is 13.2. The zero-order valence-electron chi connectivity index (χ0n) is 11.0. The summed E-state index contributed by atoms with van der Waals surface area (Å²) in [5, 5.41) is 0. The van der Waals surface area contributed by atoms with Crippen LogP contribution in [-0.4, -0.2) is 19.1 Å². The SMILES string of the molecule is CCOP(=O)(OCC)[C@@H]1O[C@H]1c1ccc(C)cc1. The molecule has 4 nitrogen and oxygen atoms in total. The predicted molar refractivity (Wildman–Crippen MR) is 69.7 cm³/mol. The normalized spacial score (nSPS) is 23.1. The summed E-state index contributed by atoms with van der Waals surface area (Å²) in [7, 11) is -3.14. The number of benzene rings is 1. The fraction of sp³-hybridized carbons (Fsp3) is 0.538. The van der Waals surface area contributed by atoms with E-state index in [0.717, 1.165) is 5.56 Å². The van der Waals surface area contributed by atoms with E-state index in [1.165, 1.54) is 5.56 Å². The van der Waals surface area contributed by atoms with Crippen molar-refractivity contribution < 1.29 is 18.3 Å². The third-order valence-corrected chi connectivity index (χ3v) is 5.06. The van der Waals surface area contributed by atoms with Gasteiger partial charge in [-0.2, -0.15) is 0 Å². The molecule has 2 atom stereocenters. The van der Waals surface area contributed by atoms with E-state index in [2.05, 4.69) is 0 Å². The largest absolute Gasteiger partial charge is 0.362 e. The molecule has 0 saturated carbocycles. The molecule has 0 bridgehead atoms. The molecule has 1 aromatic carbocycles. The first-order valence-electron chi connectivity index (χ1n) is 6.21. The number of hydrogen-bond donors (Lipinski definition) is 0. The van der Waals surface area contributed by atoms with Crippen LogP contribution in [0.15, 0.2) is 24.3 Å². The minimum Gasteiger partial charge on any atom is -0.351 e. The third kappa shape index (κ3) is 2.83. The fourth-order valence-corrected chi connectivity index (χ4v) is 3.76. The molecule has 0 amide bonds. The molecule has 0 N–H and O–H groups in total. The molecule has 1 fully saturated rings. The molecule has 0 radical (unpaired) electrons. The van der Waals surface area contributed by atoms with E-state index >= 15 is 0 Å². The molecule has 1 saturated heterocycles. The minimum absolute atomic E-state index is 0.172. The van der Waals surface area contributed by atoms with Gasteiger partial charge in [0.2, 0.25) is 0 Å². The molecular weight excluding hydrogens is 251 g/mol. The maximum atomic E-state index is 12.5. The lowest BCUT2D eigenvalue weighted by atomic mass is 10.1. The van der Waals surface area contributed by atoms with Crippen molar-refractivity contribution in [2.45, 2.75) is 32.7 Å². The Hall–Kier alpha value is -0.670.